The molecule has 0 saturated carbocycles. The Labute approximate surface area is 164 Å². The summed E-state index contributed by atoms with van der Waals surface area (Å²) < 4.78 is 33.5. The van der Waals surface area contributed by atoms with Crippen molar-refractivity contribution in [1.82, 2.24) is 0 Å². The standard InChI is InChI=1S/C19H24N2O4S2/c1-12(2)19(22)20-16-11-14(7-9-18(16)26-5)27(23,24)21-15-10-13(3)6-8-17(15)25-4/h6-12,21H,1-5H3,(H,20,22). The molecule has 146 valence electrons. The average Bonchev–Trinajstić information content (AvgIpc) is 2.61. The van der Waals surface area contributed by atoms with Gasteiger partial charge in [0.05, 0.1) is 23.4 Å². The number of rotatable bonds is 7. The van der Waals surface area contributed by atoms with Gasteiger partial charge >= 0.3 is 0 Å². The number of hydrogen-bond acceptors (Lipinski definition) is 5. The highest BCUT2D eigenvalue weighted by Crippen LogP contribution is 2.31. The topological polar surface area (TPSA) is 84.5 Å². The molecule has 2 N–H and O–H groups in total. The van der Waals surface area contributed by atoms with E-state index >= 15 is 0 Å². The van der Waals surface area contributed by atoms with Gasteiger partial charge in [-0.05, 0) is 49.1 Å². The molecule has 0 aliphatic heterocycles. The van der Waals surface area contributed by atoms with Gasteiger partial charge in [-0.25, -0.2) is 8.42 Å². The number of anilines is 2. The van der Waals surface area contributed by atoms with E-state index in [4.69, 9.17) is 4.74 Å². The largest absolute Gasteiger partial charge is 0.495 e. The van der Waals surface area contributed by atoms with Crippen LogP contribution in [-0.4, -0.2) is 27.7 Å². The Kier molecular flexibility index (Phi) is 6.78. The third-order valence-electron chi connectivity index (χ3n) is 3.86. The van der Waals surface area contributed by atoms with Crippen LogP contribution in [0.4, 0.5) is 11.4 Å². The molecule has 0 atom stereocenters. The predicted octanol–water partition coefficient (Wildman–Crippen LogP) is 4.12. The number of hydrogen-bond donors (Lipinski definition) is 2. The van der Waals surface area contributed by atoms with Crippen LogP contribution in [-0.2, 0) is 14.8 Å². The fraction of sp³-hybridized carbons (Fsp3) is 0.316. The van der Waals surface area contributed by atoms with Crippen molar-refractivity contribution in [2.24, 2.45) is 5.92 Å². The van der Waals surface area contributed by atoms with Gasteiger partial charge < -0.3 is 10.1 Å². The van der Waals surface area contributed by atoms with E-state index in [9.17, 15) is 13.2 Å². The Morgan fingerprint density at radius 3 is 2.41 bits per heavy atom. The number of sulfonamides is 1. The van der Waals surface area contributed by atoms with Crippen molar-refractivity contribution in [2.45, 2.75) is 30.6 Å². The summed E-state index contributed by atoms with van der Waals surface area (Å²) in [6.07, 6.45) is 1.87. The van der Waals surface area contributed by atoms with Crippen LogP contribution in [0.15, 0.2) is 46.2 Å². The molecule has 6 nitrogen and oxygen atoms in total. The summed E-state index contributed by atoms with van der Waals surface area (Å²) in [5.41, 5.74) is 1.73. The molecule has 0 fully saturated rings. The minimum absolute atomic E-state index is 0.0583. The van der Waals surface area contributed by atoms with E-state index in [2.05, 4.69) is 10.0 Å². The summed E-state index contributed by atoms with van der Waals surface area (Å²) in [4.78, 5) is 12.9. The number of nitrogens with one attached hydrogen (secondary N) is 2. The predicted molar refractivity (Wildman–Crippen MR) is 110 cm³/mol. The van der Waals surface area contributed by atoms with Crippen molar-refractivity contribution in [1.29, 1.82) is 0 Å². The van der Waals surface area contributed by atoms with Crippen molar-refractivity contribution in [3.8, 4) is 5.75 Å². The number of methoxy groups -OCH3 is 1. The van der Waals surface area contributed by atoms with E-state index in [1.807, 2.05) is 19.2 Å². The number of carbonyl (C=O) groups is 1. The minimum atomic E-state index is -3.86. The van der Waals surface area contributed by atoms with Crippen LogP contribution in [0.1, 0.15) is 19.4 Å². The van der Waals surface area contributed by atoms with Crippen LogP contribution < -0.4 is 14.8 Å². The van der Waals surface area contributed by atoms with Crippen LogP contribution >= 0.6 is 11.8 Å². The fourth-order valence-electron chi connectivity index (χ4n) is 2.33. The molecule has 0 spiro atoms. The summed E-state index contributed by atoms with van der Waals surface area (Å²) in [6.45, 7) is 5.42. The Balaban J connectivity index is 2.41. The van der Waals surface area contributed by atoms with Crippen molar-refractivity contribution in [3.05, 3.63) is 42.0 Å². The van der Waals surface area contributed by atoms with E-state index in [0.717, 1.165) is 10.5 Å². The maximum absolute atomic E-state index is 12.9. The highest BCUT2D eigenvalue weighted by molar-refractivity contribution is 7.98. The second-order valence-electron chi connectivity index (χ2n) is 6.32. The molecule has 0 aromatic heterocycles. The van der Waals surface area contributed by atoms with Gasteiger partial charge in [0.2, 0.25) is 5.91 Å². The van der Waals surface area contributed by atoms with E-state index in [-0.39, 0.29) is 16.7 Å². The first-order valence-electron chi connectivity index (χ1n) is 8.34. The fourth-order valence-corrected chi connectivity index (χ4v) is 3.96. The molecule has 0 bridgehead atoms. The van der Waals surface area contributed by atoms with Gasteiger partial charge in [-0.2, -0.15) is 0 Å². The van der Waals surface area contributed by atoms with E-state index in [0.29, 0.717) is 17.1 Å². The number of ether oxygens (including phenoxy) is 1. The normalized spacial score (nSPS) is 11.3. The van der Waals surface area contributed by atoms with Crippen LogP contribution in [0.3, 0.4) is 0 Å². The third-order valence-corrected chi connectivity index (χ3v) is 6.02. The first-order valence-corrected chi connectivity index (χ1v) is 11.0. The smallest absolute Gasteiger partial charge is 0.262 e. The van der Waals surface area contributed by atoms with E-state index in [1.165, 1.54) is 31.0 Å². The first kappa shape index (κ1) is 21.1. The average molecular weight is 409 g/mol. The molecule has 0 aliphatic carbocycles. The molecule has 0 saturated heterocycles. The Hall–Kier alpha value is -2.19. The van der Waals surface area contributed by atoms with Crippen LogP contribution in [0, 0.1) is 12.8 Å². The monoisotopic (exact) mass is 408 g/mol. The molecule has 2 aromatic rings. The van der Waals surface area contributed by atoms with E-state index in [1.54, 1.807) is 32.0 Å². The number of carbonyl (C=O) groups excluding carboxylic acids is 1. The van der Waals surface area contributed by atoms with Gasteiger partial charge in [0.1, 0.15) is 5.75 Å². The van der Waals surface area contributed by atoms with Gasteiger partial charge in [0, 0.05) is 10.8 Å². The Bertz CT molecular complexity index is 941. The molecule has 1 amide bonds. The Morgan fingerprint density at radius 1 is 1.11 bits per heavy atom. The van der Waals surface area contributed by atoms with Crippen LogP contribution in [0.2, 0.25) is 0 Å². The summed E-state index contributed by atoms with van der Waals surface area (Å²) in [6, 6.07) is 9.91. The molecular formula is C19H24N2O4S2. The van der Waals surface area contributed by atoms with Crippen molar-refractivity contribution in [2.75, 3.05) is 23.4 Å². The zero-order valence-electron chi connectivity index (χ0n) is 16.0. The first-order chi connectivity index (χ1) is 12.7. The minimum Gasteiger partial charge on any atom is -0.495 e. The van der Waals surface area contributed by atoms with Gasteiger partial charge in [-0.3, -0.25) is 9.52 Å². The zero-order chi connectivity index (χ0) is 20.2. The second-order valence-corrected chi connectivity index (χ2v) is 8.85. The summed E-state index contributed by atoms with van der Waals surface area (Å²) >= 11 is 1.43. The van der Waals surface area contributed by atoms with E-state index < -0.39 is 10.0 Å². The molecule has 8 heteroatoms. The van der Waals surface area contributed by atoms with Crippen molar-refractivity contribution < 1.29 is 17.9 Å². The maximum Gasteiger partial charge on any atom is 0.262 e. The molecule has 0 heterocycles. The Morgan fingerprint density at radius 2 is 1.81 bits per heavy atom. The highest BCUT2D eigenvalue weighted by atomic mass is 32.2. The molecule has 2 aromatic carbocycles. The molecule has 27 heavy (non-hydrogen) atoms. The quantitative estimate of drug-likeness (QED) is 0.673. The number of thioether (sulfide) groups is 1. The number of aryl methyl sites for hydroxylation is 1. The maximum atomic E-state index is 12.9. The summed E-state index contributed by atoms with van der Waals surface area (Å²) in [7, 11) is -2.38. The highest BCUT2D eigenvalue weighted by Gasteiger charge is 2.19. The zero-order valence-corrected chi connectivity index (χ0v) is 17.6. The van der Waals surface area contributed by atoms with Gasteiger partial charge in [0.15, 0.2) is 0 Å². The van der Waals surface area contributed by atoms with Crippen molar-refractivity contribution in [3.63, 3.8) is 0 Å². The summed E-state index contributed by atoms with van der Waals surface area (Å²) in [5, 5.41) is 2.79. The lowest BCUT2D eigenvalue weighted by Crippen LogP contribution is -2.19. The SMILES string of the molecule is COc1ccc(C)cc1NS(=O)(=O)c1ccc(SC)c(NC(=O)C(C)C)c1. The number of benzene rings is 2. The van der Waals surface area contributed by atoms with Crippen LogP contribution in [0.5, 0.6) is 5.75 Å². The number of amides is 1. The lowest BCUT2D eigenvalue weighted by Gasteiger charge is -2.15. The van der Waals surface area contributed by atoms with Gasteiger partial charge in [0.25, 0.3) is 10.0 Å². The molecule has 0 aliphatic rings. The third kappa shape index (κ3) is 5.17. The molecule has 0 unspecified atom stereocenters. The molecular weight excluding hydrogens is 384 g/mol. The van der Waals surface area contributed by atoms with Gasteiger partial charge in [-0.15, -0.1) is 11.8 Å². The lowest BCUT2D eigenvalue weighted by molar-refractivity contribution is -0.118. The second kappa shape index (κ2) is 8.67. The van der Waals surface area contributed by atoms with Crippen LogP contribution in [0.25, 0.3) is 0 Å². The molecule has 2 rings (SSSR count). The summed E-state index contributed by atoms with van der Waals surface area (Å²) in [5.74, 6) is 0.0426. The van der Waals surface area contributed by atoms with Gasteiger partial charge in [-0.1, -0.05) is 19.9 Å². The lowest BCUT2D eigenvalue weighted by atomic mass is 10.2. The molecule has 0 radical (unpaired) electrons. The van der Waals surface area contributed by atoms with Crippen molar-refractivity contribution >= 4 is 39.1 Å².